The average molecular weight is 492 g/mol. The molecule has 0 heterocycles. The molecule has 197 valence electrons. The molecule has 0 aliphatic rings. The van der Waals surface area contributed by atoms with Crippen LogP contribution in [0.4, 0.5) is 0 Å². The molecule has 0 aliphatic heterocycles. The number of allylic oxidation sites excluding steroid dienone is 3. The monoisotopic (exact) mass is 491 g/mol. The van der Waals surface area contributed by atoms with Gasteiger partial charge in [-0.1, -0.05) is 97.4 Å². The fourth-order valence-electron chi connectivity index (χ4n) is 3.63. The largest absolute Gasteiger partial charge is 0.429 e. The second kappa shape index (κ2) is 26.4. The number of hydrogen-bond acceptors (Lipinski definition) is 3. The van der Waals surface area contributed by atoms with Crippen LogP contribution < -0.4 is 0 Å². The lowest BCUT2D eigenvalue weighted by atomic mass is 10.1. The van der Waals surface area contributed by atoms with E-state index in [1.165, 1.54) is 77.0 Å². The van der Waals surface area contributed by atoms with Gasteiger partial charge in [-0.25, -0.2) is 0 Å². The quantitative estimate of drug-likeness (QED) is 0.0521. The van der Waals surface area contributed by atoms with Crippen LogP contribution in [0.2, 0.25) is 6.04 Å². The SMILES string of the molecule is CCCCCCC=COC(CCCCC[Si])(OC=CCCCCCC)OC=CCCCCCC. The van der Waals surface area contributed by atoms with Crippen LogP contribution in [0.15, 0.2) is 37.0 Å². The molecule has 0 amide bonds. The minimum absolute atomic E-state index is 0.694. The summed E-state index contributed by atoms with van der Waals surface area (Å²) < 4.78 is 18.5. The first-order valence-corrected chi connectivity index (χ1v) is 15.1. The summed E-state index contributed by atoms with van der Waals surface area (Å²) in [5.41, 5.74) is 0. The summed E-state index contributed by atoms with van der Waals surface area (Å²) in [5, 5.41) is 0. The first-order chi connectivity index (χ1) is 16.7. The maximum atomic E-state index is 6.17. The van der Waals surface area contributed by atoms with Crippen molar-refractivity contribution < 1.29 is 14.2 Å². The summed E-state index contributed by atoms with van der Waals surface area (Å²) in [4.78, 5) is 0. The zero-order valence-corrected chi connectivity index (χ0v) is 23.8. The third-order valence-corrected chi connectivity index (χ3v) is 6.22. The van der Waals surface area contributed by atoms with Crippen molar-refractivity contribution in [2.45, 2.75) is 155 Å². The minimum Gasteiger partial charge on any atom is -0.429 e. The van der Waals surface area contributed by atoms with Gasteiger partial charge in [-0.3, -0.25) is 0 Å². The van der Waals surface area contributed by atoms with Crippen molar-refractivity contribution in [1.82, 2.24) is 0 Å². The molecular formula is C30H55O3Si. The van der Waals surface area contributed by atoms with E-state index in [-0.39, 0.29) is 0 Å². The van der Waals surface area contributed by atoms with Gasteiger partial charge in [-0.15, -0.1) is 0 Å². The van der Waals surface area contributed by atoms with E-state index in [1.54, 1.807) is 18.8 Å². The highest BCUT2D eigenvalue weighted by atomic mass is 28.1. The molecule has 0 rings (SSSR count). The Labute approximate surface area is 216 Å². The minimum atomic E-state index is -1.09. The van der Waals surface area contributed by atoms with Gasteiger partial charge in [0.2, 0.25) is 0 Å². The Bertz CT molecular complexity index is 428. The molecule has 0 atom stereocenters. The van der Waals surface area contributed by atoms with Gasteiger partial charge in [0.1, 0.15) is 0 Å². The summed E-state index contributed by atoms with van der Waals surface area (Å²) in [6.07, 6.45) is 33.8. The Morgan fingerprint density at radius 2 is 0.882 bits per heavy atom. The first-order valence-electron chi connectivity index (χ1n) is 14.4. The molecule has 3 nitrogen and oxygen atoms in total. The molecule has 0 fully saturated rings. The molecule has 0 saturated carbocycles. The van der Waals surface area contributed by atoms with Gasteiger partial charge >= 0.3 is 5.97 Å². The van der Waals surface area contributed by atoms with Crippen LogP contribution in [-0.2, 0) is 14.2 Å². The molecule has 0 N–H and O–H groups in total. The molecule has 0 aliphatic carbocycles. The normalized spacial score (nSPS) is 13.8. The molecule has 4 heteroatoms. The van der Waals surface area contributed by atoms with Crippen LogP contribution in [0.5, 0.6) is 0 Å². The molecule has 0 spiro atoms. The number of rotatable bonds is 26. The lowest BCUT2D eigenvalue weighted by Crippen LogP contribution is -2.34. The third-order valence-electron chi connectivity index (χ3n) is 5.86. The smallest absolute Gasteiger partial charge is 0.415 e. The summed E-state index contributed by atoms with van der Waals surface area (Å²) in [6.45, 7) is 6.73. The van der Waals surface area contributed by atoms with Gasteiger partial charge in [0.05, 0.1) is 25.2 Å². The van der Waals surface area contributed by atoms with Crippen molar-refractivity contribution >= 4 is 10.2 Å². The van der Waals surface area contributed by atoms with Crippen molar-refractivity contribution in [2.24, 2.45) is 0 Å². The van der Waals surface area contributed by atoms with Gasteiger partial charge in [0.25, 0.3) is 0 Å². The summed E-state index contributed by atoms with van der Waals surface area (Å²) in [5.74, 6) is -1.09. The molecule has 3 radical (unpaired) electrons. The van der Waals surface area contributed by atoms with E-state index in [9.17, 15) is 0 Å². The molecule has 0 bridgehead atoms. The second-order valence-corrected chi connectivity index (χ2v) is 9.76. The molecule has 0 aromatic rings. The molecule has 0 aromatic heterocycles. The Hall–Kier alpha value is -1.16. The van der Waals surface area contributed by atoms with E-state index >= 15 is 0 Å². The van der Waals surface area contributed by atoms with Gasteiger partial charge in [0.15, 0.2) is 0 Å². The number of unbranched alkanes of at least 4 members (excludes halogenated alkanes) is 14. The second-order valence-electron chi connectivity index (χ2n) is 9.26. The van der Waals surface area contributed by atoms with E-state index < -0.39 is 5.97 Å². The Morgan fingerprint density at radius 3 is 1.24 bits per heavy atom. The summed E-state index contributed by atoms with van der Waals surface area (Å²) in [6, 6.07) is 1.02. The molecule has 0 aromatic carbocycles. The third kappa shape index (κ3) is 21.4. The van der Waals surface area contributed by atoms with E-state index in [4.69, 9.17) is 14.2 Å². The summed E-state index contributed by atoms with van der Waals surface area (Å²) >= 11 is 0. The van der Waals surface area contributed by atoms with Crippen LogP contribution in [0.3, 0.4) is 0 Å². The van der Waals surface area contributed by atoms with Crippen LogP contribution in [0, 0.1) is 0 Å². The van der Waals surface area contributed by atoms with Crippen LogP contribution in [0.25, 0.3) is 0 Å². The van der Waals surface area contributed by atoms with Crippen molar-refractivity contribution in [1.29, 1.82) is 0 Å². The maximum absolute atomic E-state index is 6.17. The van der Waals surface area contributed by atoms with Crippen LogP contribution >= 0.6 is 0 Å². The lowest BCUT2D eigenvalue weighted by Gasteiger charge is -2.30. The lowest BCUT2D eigenvalue weighted by molar-refractivity contribution is -0.321. The average Bonchev–Trinajstić information content (AvgIpc) is 2.85. The zero-order valence-electron chi connectivity index (χ0n) is 22.8. The van der Waals surface area contributed by atoms with E-state index in [1.807, 2.05) is 0 Å². The van der Waals surface area contributed by atoms with Gasteiger partial charge < -0.3 is 14.2 Å². The first kappa shape index (κ1) is 32.8. The molecular weight excluding hydrogens is 436 g/mol. The molecule has 0 unspecified atom stereocenters. The van der Waals surface area contributed by atoms with Crippen molar-refractivity contribution in [3.63, 3.8) is 0 Å². The predicted octanol–water partition coefficient (Wildman–Crippen LogP) is 10.3. The predicted molar refractivity (Wildman–Crippen MR) is 149 cm³/mol. The number of hydrogen-bond donors (Lipinski definition) is 0. The van der Waals surface area contributed by atoms with Crippen LogP contribution in [-0.4, -0.2) is 16.2 Å². The van der Waals surface area contributed by atoms with E-state index in [2.05, 4.69) is 49.2 Å². The fraction of sp³-hybridized carbons (Fsp3) is 0.800. The fourth-order valence-corrected chi connectivity index (χ4v) is 3.88. The highest BCUT2D eigenvalue weighted by Crippen LogP contribution is 2.26. The van der Waals surface area contributed by atoms with E-state index in [0.29, 0.717) is 6.42 Å². The molecule has 0 saturated heterocycles. The summed E-state index contributed by atoms with van der Waals surface area (Å²) in [7, 11) is 3.58. The van der Waals surface area contributed by atoms with Crippen molar-refractivity contribution in [3.8, 4) is 0 Å². The zero-order chi connectivity index (χ0) is 25.0. The van der Waals surface area contributed by atoms with Crippen LogP contribution in [0.1, 0.15) is 143 Å². The van der Waals surface area contributed by atoms with Crippen molar-refractivity contribution in [2.75, 3.05) is 0 Å². The maximum Gasteiger partial charge on any atom is 0.415 e. The molecule has 34 heavy (non-hydrogen) atoms. The van der Waals surface area contributed by atoms with Gasteiger partial charge in [-0.2, -0.15) is 0 Å². The Kier molecular flexibility index (Phi) is 25.5. The van der Waals surface area contributed by atoms with Gasteiger partial charge in [0, 0.05) is 10.2 Å². The van der Waals surface area contributed by atoms with Crippen molar-refractivity contribution in [3.05, 3.63) is 37.0 Å². The van der Waals surface area contributed by atoms with E-state index in [0.717, 1.165) is 44.6 Å². The van der Waals surface area contributed by atoms with Gasteiger partial charge in [-0.05, 0) is 63.2 Å². The Morgan fingerprint density at radius 1 is 0.500 bits per heavy atom. The highest BCUT2D eigenvalue weighted by Gasteiger charge is 2.34. The topological polar surface area (TPSA) is 27.7 Å². The Balaban J connectivity index is 5.02. The standard InChI is InChI=1S/C30H55O3Si/c1-4-7-10-13-16-21-26-31-30(25-20-19-24-29-34,32-27-22-17-14-11-8-5-2)33-28-23-18-15-12-9-6-3/h21-23,26-28H,4-20,24-25,29H2,1-3H3. The highest BCUT2D eigenvalue weighted by molar-refractivity contribution is 6.08. The number of ether oxygens (including phenoxy) is 3.